The molecule has 2 amide bonds. The van der Waals surface area contributed by atoms with Crippen LogP contribution in [0.25, 0.3) is 0 Å². The molecule has 2 rings (SSSR count). The van der Waals surface area contributed by atoms with Crippen LogP contribution in [0.3, 0.4) is 0 Å². The van der Waals surface area contributed by atoms with Crippen molar-refractivity contribution in [2.24, 2.45) is 5.92 Å². The maximum absolute atomic E-state index is 13.3. The molecule has 0 heterocycles. The van der Waals surface area contributed by atoms with Crippen molar-refractivity contribution in [2.75, 3.05) is 12.3 Å². The van der Waals surface area contributed by atoms with E-state index in [1.165, 1.54) is 35.0 Å². The molecular weight excluding hydrogens is 399 g/mol. The standard InChI is InChI=1S/C24H31FN2O2S/c1-17(2)13-26-24(29)19(4)27(14-20-9-11-22(25)12-10-20)23(28)16-30-15-21-8-6-5-7-18(21)3/h5-12,17,19H,13-16H2,1-4H3,(H,26,29)/t19-/m0/s1. The van der Waals surface area contributed by atoms with Crippen molar-refractivity contribution in [2.45, 2.75) is 46.0 Å². The van der Waals surface area contributed by atoms with Crippen LogP contribution in [0.1, 0.15) is 37.5 Å². The third-order valence-corrected chi connectivity index (χ3v) is 5.83. The van der Waals surface area contributed by atoms with E-state index in [-0.39, 0.29) is 29.9 Å². The van der Waals surface area contributed by atoms with Gasteiger partial charge in [-0.3, -0.25) is 9.59 Å². The molecule has 162 valence electrons. The van der Waals surface area contributed by atoms with E-state index in [1.54, 1.807) is 24.0 Å². The summed E-state index contributed by atoms with van der Waals surface area (Å²) in [6.45, 7) is 8.66. The molecule has 2 aromatic carbocycles. The largest absolute Gasteiger partial charge is 0.354 e. The summed E-state index contributed by atoms with van der Waals surface area (Å²) in [6.07, 6.45) is 0. The molecule has 4 nitrogen and oxygen atoms in total. The van der Waals surface area contributed by atoms with Gasteiger partial charge in [-0.05, 0) is 48.6 Å². The highest BCUT2D eigenvalue weighted by molar-refractivity contribution is 7.99. The highest BCUT2D eigenvalue weighted by atomic mass is 32.2. The summed E-state index contributed by atoms with van der Waals surface area (Å²) in [5.74, 6) is 0.724. The predicted octanol–water partition coefficient (Wildman–Crippen LogP) is 4.56. The van der Waals surface area contributed by atoms with Gasteiger partial charge in [-0.25, -0.2) is 4.39 Å². The van der Waals surface area contributed by atoms with Gasteiger partial charge in [0, 0.05) is 18.8 Å². The van der Waals surface area contributed by atoms with E-state index >= 15 is 0 Å². The molecule has 1 atom stereocenters. The molecule has 0 aliphatic heterocycles. The van der Waals surface area contributed by atoms with Crippen molar-refractivity contribution in [3.63, 3.8) is 0 Å². The number of benzene rings is 2. The van der Waals surface area contributed by atoms with Gasteiger partial charge in [-0.2, -0.15) is 0 Å². The lowest BCUT2D eigenvalue weighted by Gasteiger charge is -2.29. The fourth-order valence-electron chi connectivity index (χ4n) is 2.92. The van der Waals surface area contributed by atoms with E-state index in [4.69, 9.17) is 0 Å². The van der Waals surface area contributed by atoms with Gasteiger partial charge >= 0.3 is 0 Å². The van der Waals surface area contributed by atoms with Crippen LogP contribution in [-0.2, 0) is 21.9 Å². The zero-order valence-corrected chi connectivity index (χ0v) is 19.0. The Balaban J connectivity index is 2.06. The summed E-state index contributed by atoms with van der Waals surface area (Å²) >= 11 is 1.53. The summed E-state index contributed by atoms with van der Waals surface area (Å²) in [4.78, 5) is 27.2. The third-order valence-electron chi connectivity index (χ3n) is 4.86. The number of hydrogen-bond acceptors (Lipinski definition) is 3. The Bertz CT molecular complexity index is 839. The Kier molecular flexibility index (Phi) is 9.37. The zero-order chi connectivity index (χ0) is 22.1. The highest BCUT2D eigenvalue weighted by Gasteiger charge is 2.26. The van der Waals surface area contributed by atoms with Crippen molar-refractivity contribution in [1.82, 2.24) is 10.2 Å². The molecule has 0 saturated carbocycles. The maximum atomic E-state index is 13.3. The number of aryl methyl sites for hydroxylation is 1. The van der Waals surface area contributed by atoms with Gasteiger partial charge in [0.1, 0.15) is 11.9 Å². The monoisotopic (exact) mass is 430 g/mol. The number of carbonyl (C=O) groups is 2. The van der Waals surface area contributed by atoms with Gasteiger partial charge in [0.25, 0.3) is 0 Å². The van der Waals surface area contributed by atoms with Crippen LogP contribution in [0.2, 0.25) is 0 Å². The maximum Gasteiger partial charge on any atom is 0.242 e. The van der Waals surface area contributed by atoms with Gasteiger partial charge in [0.05, 0.1) is 5.75 Å². The van der Waals surface area contributed by atoms with Crippen LogP contribution in [0, 0.1) is 18.7 Å². The van der Waals surface area contributed by atoms with E-state index in [2.05, 4.69) is 24.4 Å². The molecule has 0 fully saturated rings. The summed E-state index contributed by atoms with van der Waals surface area (Å²) in [5, 5.41) is 2.90. The predicted molar refractivity (Wildman–Crippen MR) is 122 cm³/mol. The topological polar surface area (TPSA) is 49.4 Å². The van der Waals surface area contributed by atoms with Crippen molar-refractivity contribution < 1.29 is 14.0 Å². The Morgan fingerprint density at radius 3 is 2.37 bits per heavy atom. The molecule has 6 heteroatoms. The molecule has 0 radical (unpaired) electrons. The second-order valence-corrected chi connectivity index (χ2v) is 8.87. The number of amides is 2. The Labute approximate surface area is 183 Å². The Morgan fingerprint density at radius 1 is 1.07 bits per heavy atom. The van der Waals surface area contributed by atoms with Crippen molar-refractivity contribution in [3.05, 3.63) is 71.0 Å². The number of rotatable bonds is 10. The smallest absolute Gasteiger partial charge is 0.242 e. The summed E-state index contributed by atoms with van der Waals surface area (Å²) in [7, 11) is 0. The van der Waals surface area contributed by atoms with Gasteiger partial charge in [0.2, 0.25) is 11.8 Å². The normalized spacial score (nSPS) is 11.9. The minimum Gasteiger partial charge on any atom is -0.354 e. The molecular formula is C24H31FN2O2S. The lowest BCUT2D eigenvalue weighted by Crippen LogP contribution is -2.48. The Hall–Kier alpha value is -2.34. The zero-order valence-electron chi connectivity index (χ0n) is 18.2. The first kappa shape index (κ1) is 23.9. The van der Waals surface area contributed by atoms with E-state index < -0.39 is 6.04 Å². The van der Waals surface area contributed by atoms with Crippen LogP contribution in [0.4, 0.5) is 4.39 Å². The lowest BCUT2D eigenvalue weighted by atomic mass is 10.1. The first-order chi connectivity index (χ1) is 14.3. The molecule has 30 heavy (non-hydrogen) atoms. The molecule has 0 aliphatic rings. The highest BCUT2D eigenvalue weighted by Crippen LogP contribution is 2.18. The fourth-order valence-corrected chi connectivity index (χ4v) is 3.91. The quantitative estimate of drug-likeness (QED) is 0.601. The minimum absolute atomic E-state index is 0.106. The van der Waals surface area contributed by atoms with Crippen LogP contribution in [-0.4, -0.2) is 35.1 Å². The fraction of sp³-hybridized carbons (Fsp3) is 0.417. The van der Waals surface area contributed by atoms with Gasteiger partial charge in [0.15, 0.2) is 0 Å². The molecule has 0 spiro atoms. The number of hydrogen-bond donors (Lipinski definition) is 1. The second kappa shape index (κ2) is 11.7. The summed E-state index contributed by atoms with van der Waals surface area (Å²) < 4.78 is 13.3. The Morgan fingerprint density at radius 2 is 1.73 bits per heavy atom. The molecule has 0 aliphatic carbocycles. The molecule has 0 bridgehead atoms. The number of halogens is 1. The number of thioether (sulfide) groups is 1. The van der Waals surface area contributed by atoms with Crippen LogP contribution in [0.5, 0.6) is 0 Å². The summed E-state index contributed by atoms with van der Waals surface area (Å²) in [5.41, 5.74) is 3.18. The van der Waals surface area contributed by atoms with E-state index in [0.29, 0.717) is 12.5 Å². The van der Waals surface area contributed by atoms with Crippen LogP contribution in [0.15, 0.2) is 48.5 Å². The van der Waals surface area contributed by atoms with Crippen molar-refractivity contribution >= 4 is 23.6 Å². The molecule has 0 saturated heterocycles. The number of nitrogens with one attached hydrogen (secondary N) is 1. The lowest BCUT2D eigenvalue weighted by molar-refractivity contribution is -0.138. The van der Waals surface area contributed by atoms with Gasteiger partial charge in [-0.1, -0.05) is 50.2 Å². The van der Waals surface area contributed by atoms with E-state index in [9.17, 15) is 14.0 Å². The van der Waals surface area contributed by atoms with E-state index in [0.717, 1.165) is 11.3 Å². The average molecular weight is 431 g/mol. The molecule has 0 aromatic heterocycles. The molecule has 1 N–H and O–H groups in total. The third kappa shape index (κ3) is 7.48. The molecule has 2 aromatic rings. The van der Waals surface area contributed by atoms with Crippen molar-refractivity contribution in [1.29, 1.82) is 0 Å². The van der Waals surface area contributed by atoms with Gasteiger partial charge < -0.3 is 10.2 Å². The minimum atomic E-state index is -0.611. The SMILES string of the molecule is Cc1ccccc1CSCC(=O)N(Cc1ccc(F)cc1)[C@@H](C)C(=O)NCC(C)C. The second-order valence-electron chi connectivity index (χ2n) is 7.88. The number of carbonyl (C=O) groups excluding carboxylic acids is 2. The van der Waals surface area contributed by atoms with Gasteiger partial charge in [-0.15, -0.1) is 11.8 Å². The average Bonchev–Trinajstić information content (AvgIpc) is 2.72. The summed E-state index contributed by atoms with van der Waals surface area (Å²) in [6, 6.07) is 13.5. The van der Waals surface area contributed by atoms with Crippen LogP contribution < -0.4 is 5.32 Å². The van der Waals surface area contributed by atoms with Crippen LogP contribution >= 0.6 is 11.8 Å². The van der Waals surface area contributed by atoms with Crippen molar-refractivity contribution in [3.8, 4) is 0 Å². The number of nitrogens with zero attached hydrogens (tertiary/aromatic N) is 1. The first-order valence-corrected chi connectivity index (χ1v) is 11.4. The molecule has 0 unspecified atom stereocenters. The van der Waals surface area contributed by atoms with E-state index in [1.807, 2.05) is 26.0 Å². The first-order valence-electron chi connectivity index (χ1n) is 10.2.